The molecule has 0 saturated carbocycles. The quantitative estimate of drug-likeness (QED) is 0.439. The second-order valence-corrected chi connectivity index (χ2v) is 12.2. The Bertz CT molecular complexity index is 1180. The number of nitrogens with zero attached hydrogens (tertiary/aromatic N) is 2. The summed E-state index contributed by atoms with van der Waals surface area (Å²) < 4.78 is 34.4. The maximum atomic E-state index is 13.0. The number of carbonyl (C=O) groups is 1. The summed E-state index contributed by atoms with van der Waals surface area (Å²) >= 11 is 12.1. The number of amides is 2. The number of likely N-dealkylation sites (tertiary alicyclic amines) is 2. The Morgan fingerprint density at radius 2 is 1.70 bits per heavy atom. The first-order valence-corrected chi connectivity index (χ1v) is 15.3. The molecule has 0 atom stereocenters. The number of hydrogen-bond acceptors (Lipinski definition) is 5. The molecule has 0 spiro atoms. The maximum Gasteiger partial charge on any atom is 0.331 e. The number of ether oxygens (including phenoxy) is 1. The van der Waals surface area contributed by atoms with Gasteiger partial charge in [0.05, 0.1) is 14.9 Å². The first kappa shape index (κ1) is 28.0. The number of nitrogens with one attached hydrogen (secondary N) is 1. The average molecular weight is 569 g/mol. The number of aryl methyl sites for hydroxylation is 1. The summed E-state index contributed by atoms with van der Waals surface area (Å²) in [5.41, 5.74) is 0.745. The number of carbonyl (C=O) groups excluding carboxylic acids is 1. The minimum absolute atomic E-state index is 0.129. The number of unbranched alkanes of at least 4 members (excludes halogenated alkanes) is 1. The van der Waals surface area contributed by atoms with Crippen LogP contribution in [0.4, 0.5) is 4.79 Å². The minimum Gasteiger partial charge on any atom is -0.490 e. The number of sulfonamides is 1. The molecule has 2 amide bonds. The molecule has 0 aromatic heterocycles. The van der Waals surface area contributed by atoms with Crippen LogP contribution in [0.2, 0.25) is 10.0 Å². The standard InChI is InChI=1S/C27H35Cl2N3O4S/c1-2-3-6-20-7-4-5-8-26(20)37(34,35)30-27(33)32-15-11-21(12-16-32)31-17-13-22(14-18-31)36-23-9-10-24(28)25(29)19-23/h4-5,7-10,19,21-22H,2-3,6,11-18H2,1H3,(H,30,33). The molecule has 10 heteroatoms. The van der Waals surface area contributed by atoms with E-state index >= 15 is 0 Å². The van der Waals surface area contributed by atoms with Crippen molar-refractivity contribution in [1.29, 1.82) is 0 Å². The molecule has 2 saturated heterocycles. The lowest BCUT2D eigenvalue weighted by molar-refractivity contribution is 0.0540. The fourth-order valence-corrected chi connectivity index (χ4v) is 6.64. The molecule has 2 fully saturated rings. The third-order valence-electron chi connectivity index (χ3n) is 7.22. The van der Waals surface area contributed by atoms with Crippen LogP contribution in [0.3, 0.4) is 0 Å². The van der Waals surface area contributed by atoms with Gasteiger partial charge in [0, 0.05) is 38.3 Å². The van der Waals surface area contributed by atoms with Gasteiger partial charge in [-0.15, -0.1) is 0 Å². The summed E-state index contributed by atoms with van der Waals surface area (Å²) in [4.78, 5) is 17.1. The Balaban J connectivity index is 1.24. The fraction of sp³-hybridized carbons (Fsp3) is 0.519. The molecular weight excluding hydrogens is 533 g/mol. The van der Waals surface area contributed by atoms with Gasteiger partial charge in [-0.05, 0) is 62.3 Å². The maximum absolute atomic E-state index is 13.0. The Labute approximate surface area is 230 Å². The molecule has 2 aromatic carbocycles. The lowest BCUT2D eigenvalue weighted by Crippen LogP contribution is -2.52. The van der Waals surface area contributed by atoms with Gasteiger partial charge >= 0.3 is 6.03 Å². The van der Waals surface area contributed by atoms with Crippen molar-refractivity contribution in [2.75, 3.05) is 26.2 Å². The second kappa shape index (κ2) is 12.7. The average Bonchev–Trinajstić information content (AvgIpc) is 2.90. The molecule has 37 heavy (non-hydrogen) atoms. The molecule has 0 unspecified atom stereocenters. The van der Waals surface area contributed by atoms with Crippen LogP contribution in [-0.4, -0.2) is 62.6 Å². The number of hydrogen-bond donors (Lipinski definition) is 1. The van der Waals surface area contributed by atoms with Crippen molar-refractivity contribution >= 4 is 39.3 Å². The van der Waals surface area contributed by atoms with E-state index in [1.807, 2.05) is 18.2 Å². The van der Waals surface area contributed by atoms with Crippen LogP contribution >= 0.6 is 23.2 Å². The Hall–Kier alpha value is -2.00. The van der Waals surface area contributed by atoms with Gasteiger partial charge in [-0.1, -0.05) is 54.7 Å². The molecule has 2 heterocycles. The third-order valence-corrected chi connectivity index (χ3v) is 9.38. The van der Waals surface area contributed by atoms with E-state index in [1.165, 1.54) is 0 Å². The van der Waals surface area contributed by atoms with Gasteiger partial charge in [-0.3, -0.25) is 4.90 Å². The van der Waals surface area contributed by atoms with Crippen molar-refractivity contribution in [2.45, 2.75) is 68.9 Å². The van der Waals surface area contributed by atoms with Gasteiger partial charge in [0.2, 0.25) is 0 Å². The van der Waals surface area contributed by atoms with Crippen molar-refractivity contribution < 1.29 is 17.9 Å². The zero-order valence-electron chi connectivity index (χ0n) is 21.2. The van der Waals surface area contributed by atoms with Crippen LogP contribution < -0.4 is 9.46 Å². The number of piperidine rings is 2. The summed E-state index contributed by atoms with van der Waals surface area (Å²) in [7, 11) is -3.92. The smallest absolute Gasteiger partial charge is 0.331 e. The molecule has 7 nitrogen and oxygen atoms in total. The van der Waals surface area contributed by atoms with E-state index in [0.29, 0.717) is 35.6 Å². The van der Waals surface area contributed by atoms with Crippen LogP contribution in [0.5, 0.6) is 5.75 Å². The lowest BCUT2D eigenvalue weighted by atomic mass is 9.99. The van der Waals surface area contributed by atoms with Crippen LogP contribution in [0, 0.1) is 0 Å². The summed E-state index contributed by atoms with van der Waals surface area (Å²) in [6, 6.07) is 12.1. The van der Waals surface area contributed by atoms with Gasteiger partial charge in [0.25, 0.3) is 10.0 Å². The third kappa shape index (κ3) is 7.31. The van der Waals surface area contributed by atoms with E-state index < -0.39 is 16.1 Å². The van der Waals surface area contributed by atoms with E-state index in [4.69, 9.17) is 27.9 Å². The zero-order chi connectivity index (χ0) is 26.4. The summed E-state index contributed by atoms with van der Waals surface area (Å²) in [6.45, 7) is 4.97. The van der Waals surface area contributed by atoms with Gasteiger partial charge in [-0.25, -0.2) is 17.9 Å². The lowest BCUT2D eigenvalue weighted by Gasteiger charge is -2.41. The van der Waals surface area contributed by atoms with E-state index in [1.54, 1.807) is 29.2 Å². The normalized spacial score (nSPS) is 18.1. The SMILES string of the molecule is CCCCc1ccccc1S(=O)(=O)NC(=O)N1CCC(N2CCC(Oc3ccc(Cl)c(Cl)c3)CC2)CC1. The van der Waals surface area contributed by atoms with Crippen molar-refractivity contribution in [2.24, 2.45) is 0 Å². The molecule has 0 radical (unpaired) electrons. The number of urea groups is 1. The largest absolute Gasteiger partial charge is 0.490 e. The molecule has 202 valence electrons. The number of rotatable bonds is 8. The molecule has 0 aliphatic carbocycles. The van der Waals surface area contributed by atoms with Crippen LogP contribution in [0.1, 0.15) is 51.0 Å². The molecule has 4 rings (SSSR count). The second-order valence-electron chi connectivity index (χ2n) is 9.77. The first-order valence-electron chi connectivity index (χ1n) is 13.0. The molecule has 2 aromatic rings. The summed E-state index contributed by atoms with van der Waals surface area (Å²) in [6.07, 6.45) is 6.13. The molecule has 2 aliphatic rings. The van der Waals surface area contributed by atoms with Crippen molar-refractivity contribution in [3.63, 3.8) is 0 Å². The first-order chi connectivity index (χ1) is 17.8. The van der Waals surface area contributed by atoms with Crippen LogP contribution in [-0.2, 0) is 16.4 Å². The minimum atomic E-state index is -3.92. The highest BCUT2D eigenvalue weighted by atomic mass is 35.5. The predicted octanol–water partition coefficient (Wildman–Crippen LogP) is 5.74. The van der Waals surface area contributed by atoms with E-state index in [0.717, 1.165) is 62.9 Å². The highest BCUT2D eigenvalue weighted by molar-refractivity contribution is 7.90. The van der Waals surface area contributed by atoms with Gasteiger partial charge < -0.3 is 9.64 Å². The van der Waals surface area contributed by atoms with E-state index in [9.17, 15) is 13.2 Å². The zero-order valence-corrected chi connectivity index (χ0v) is 23.5. The van der Waals surface area contributed by atoms with Crippen LogP contribution in [0.15, 0.2) is 47.4 Å². The number of halogens is 2. The Kier molecular flexibility index (Phi) is 9.62. The van der Waals surface area contributed by atoms with Crippen molar-refractivity contribution in [1.82, 2.24) is 14.5 Å². The Morgan fingerprint density at radius 3 is 2.38 bits per heavy atom. The molecule has 2 aliphatic heterocycles. The monoisotopic (exact) mass is 567 g/mol. The molecule has 0 bridgehead atoms. The number of benzene rings is 2. The Morgan fingerprint density at radius 1 is 1.00 bits per heavy atom. The fourth-order valence-electron chi connectivity index (χ4n) is 5.11. The summed E-state index contributed by atoms with van der Waals surface area (Å²) in [5.74, 6) is 0.732. The van der Waals surface area contributed by atoms with Crippen molar-refractivity contribution in [3.05, 3.63) is 58.1 Å². The predicted molar refractivity (Wildman–Crippen MR) is 147 cm³/mol. The van der Waals surface area contributed by atoms with Gasteiger partial charge in [0.1, 0.15) is 11.9 Å². The van der Waals surface area contributed by atoms with Gasteiger partial charge in [0.15, 0.2) is 0 Å². The van der Waals surface area contributed by atoms with Gasteiger partial charge in [-0.2, -0.15) is 0 Å². The molecule has 1 N–H and O–H groups in total. The summed E-state index contributed by atoms with van der Waals surface area (Å²) in [5, 5.41) is 0.999. The highest BCUT2D eigenvalue weighted by Crippen LogP contribution is 2.29. The van der Waals surface area contributed by atoms with E-state index in [-0.39, 0.29) is 11.0 Å². The van der Waals surface area contributed by atoms with Crippen LogP contribution in [0.25, 0.3) is 0 Å². The highest BCUT2D eigenvalue weighted by Gasteiger charge is 2.32. The molecular formula is C27H35Cl2N3O4S. The van der Waals surface area contributed by atoms with E-state index in [2.05, 4.69) is 16.5 Å². The van der Waals surface area contributed by atoms with Crippen molar-refractivity contribution in [3.8, 4) is 5.75 Å². The topological polar surface area (TPSA) is 79.0 Å².